The Hall–Kier alpha value is -2.88. The van der Waals surface area contributed by atoms with Crippen molar-refractivity contribution in [3.8, 4) is 5.69 Å². The number of aromatic nitrogens is 3. The summed E-state index contributed by atoms with van der Waals surface area (Å²) in [5.74, 6) is 1.64. The van der Waals surface area contributed by atoms with Crippen molar-refractivity contribution in [2.75, 3.05) is 11.9 Å². The highest BCUT2D eigenvalue weighted by molar-refractivity contribution is 6.10. The maximum absolute atomic E-state index is 4.99. The molecule has 154 valence electrons. The summed E-state index contributed by atoms with van der Waals surface area (Å²) < 4.78 is 2.37. The Labute approximate surface area is 178 Å². The van der Waals surface area contributed by atoms with Crippen LogP contribution in [0.1, 0.15) is 48.0 Å². The fourth-order valence-electron chi connectivity index (χ4n) is 4.91. The Bertz CT molecular complexity index is 1250. The maximum atomic E-state index is 4.99. The highest BCUT2D eigenvalue weighted by Crippen LogP contribution is 2.39. The quantitative estimate of drug-likeness (QED) is 0.436. The lowest BCUT2D eigenvalue weighted by Crippen LogP contribution is -2.04. The predicted octanol–water partition coefficient (Wildman–Crippen LogP) is 6.19. The highest BCUT2D eigenvalue weighted by atomic mass is 15.1. The number of anilines is 1. The molecule has 4 aromatic rings. The van der Waals surface area contributed by atoms with E-state index in [2.05, 4.69) is 67.9 Å². The van der Waals surface area contributed by atoms with Crippen LogP contribution >= 0.6 is 0 Å². The molecule has 0 aliphatic heterocycles. The predicted molar refractivity (Wildman–Crippen MR) is 126 cm³/mol. The lowest BCUT2D eigenvalue weighted by Gasteiger charge is -2.15. The normalized spacial score (nSPS) is 14.0. The van der Waals surface area contributed by atoms with Crippen LogP contribution < -0.4 is 5.32 Å². The SMILES string of the molecule is CCNc1ccc2c(c1)c1c(CC3CC3)nc(C)nc1n2-c1c(C)cc(C)cc1C. The van der Waals surface area contributed by atoms with Crippen molar-refractivity contribution in [2.24, 2.45) is 5.92 Å². The van der Waals surface area contributed by atoms with Gasteiger partial charge in [-0.25, -0.2) is 9.97 Å². The van der Waals surface area contributed by atoms with Crippen molar-refractivity contribution < 1.29 is 0 Å². The summed E-state index contributed by atoms with van der Waals surface area (Å²) in [6.07, 6.45) is 3.69. The van der Waals surface area contributed by atoms with E-state index in [0.29, 0.717) is 0 Å². The zero-order valence-corrected chi connectivity index (χ0v) is 18.6. The van der Waals surface area contributed by atoms with Crippen LogP contribution in [0.5, 0.6) is 0 Å². The number of aryl methyl sites for hydroxylation is 4. The van der Waals surface area contributed by atoms with E-state index in [4.69, 9.17) is 9.97 Å². The Morgan fingerprint density at radius 2 is 1.73 bits per heavy atom. The van der Waals surface area contributed by atoms with E-state index in [1.807, 2.05) is 6.92 Å². The molecule has 0 radical (unpaired) electrons. The highest BCUT2D eigenvalue weighted by Gasteiger charge is 2.26. The van der Waals surface area contributed by atoms with E-state index >= 15 is 0 Å². The molecule has 4 heteroatoms. The Balaban J connectivity index is 1.91. The van der Waals surface area contributed by atoms with Gasteiger partial charge in [0.1, 0.15) is 11.5 Å². The van der Waals surface area contributed by atoms with Crippen molar-refractivity contribution in [2.45, 2.75) is 53.9 Å². The molecule has 4 nitrogen and oxygen atoms in total. The molecule has 0 bridgehead atoms. The van der Waals surface area contributed by atoms with Crippen LogP contribution in [0, 0.1) is 33.6 Å². The van der Waals surface area contributed by atoms with Crippen LogP contribution in [-0.4, -0.2) is 21.1 Å². The van der Waals surface area contributed by atoms with Gasteiger partial charge in [0, 0.05) is 23.0 Å². The number of benzene rings is 2. The van der Waals surface area contributed by atoms with Gasteiger partial charge in [-0.2, -0.15) is 0 Å². The first kappa shape index (κ1) is 19.1. The molecule has 2 heterocycles. The smallest absolute Gasteiger partial charge is 0.149 e. The van der Waals surface area contributed by atoms with Crippen LogP contribution in [0.4, 0.5) is 5.69 Å². The first-order valence-corrected chi connectivity index (χ1v) is 11.1. The van der Waals surface area contributed by atoms with E-state index in [1.54, 1.807) is 0 Å². The van der Waals surface area contributed by atoms with Crippen molar-refractivity contribution in [3.05, 3.63) is 58.5 Å². The second-order valence-corrected chi connectivity index (χ2v) is 8.91. The third kappa shape index (κ3) is 3.15. The average Bonchev–Trinajstić information content (AvgIpc) is 3.43. The topological polar surface area (TPSA) is 42.7 Å². The molecule has 0 unspecified atom stereocenters. The maximum Gasteiger partial charge on any atom is 0.149 e. The molecule has 5 rings (SSSR count). The summed E-state index contributed by atoms with van der Waals surface area (Å²) in [6.45, 7) is 11.6. The summed E-state index contributed by atoms with van der Waals surface area (Å²) in [7, 11) is 0. The first-order valence-electron chi connectivity index (χ1n) is 11.1. The molecule has 0 atom stereocenters. The van der Waals surface area contributed by atoms with E-state index in [0.717, 1.165) is 36.0 Å². The average molecular weight is 399 g/mol. The first-order chi connectivity index (χ1) is 14.5. The molecule has 1 aliphatic rings. The second kappa shape index (κ2) is 7.12. The van der Waals surface area contributed by atoms with Gasteiger partial charge >= 0.3 is 0 Å². The van der Waals surface area contributed by atoms with Crippen LogP contribution in [0.3, 0.4) is 0 Å². The van der Waals surface area contributed by atoms with Gasteiger partial charge in [-0.3, -0.25) is 4.57 Å². The molecule has 0 spiro atoms. The summed E-state index contributed by atoms with van der Waals surface area (Å²) >= 11 is 0. The van der Waals surface area contributed by atoms with Gasteiger partial charge in [0.2, 0.25) is 0 Å². The summed E-state index contributed by atoms with van der Waals surface area (Å²) in [4.78, 5) is 9.92. The second-order valence-electron chi connectivity index (χ2n) is 8.91. The minimum Gasteiger partial charge on any atom is -0.385 e. The lowest BCUT2D eigenvalue weighted by atomic mass is 10.0. The Morgan fingerprint density at radius 1 is 1.00 bits per heavy atom. The van der Waals surface area contributed by atoms with E-state index < -0.39 is 0 Å². The van der Waals surface area contributed by atoms with E-state index in [1.165, 1.54) is 57.2 Å². The van der Waals surface area contributed by atoms with Crippen LogP contribution in [0.2, 0.25) is 0 Å². The minimum absolute atomic E-state index is 0.778. The Kier molecular flexibility index (Phi) is 4.53. The van der Waals surface area contributed by atoms with Crippen LogP contribution in [0.25, 0.3) is 27.6 Å². The molecule has 30 heavy (non-hydrogen) atoms. The number of rotatable bonds is 5. The van der Waals surface area contributed by atoms with Crippen LogP contribution in [0.15, 0.2) is 30.3 Å². The fraction of sp³-hybridized carbons (Fsp3) is 0.385. The number of nitrogens with one attached hydrogen (secondary N) is 1. The van der Waals surface area contributed by atoms with Gasteiger partial charge in [0.25, 0.3) is 0 Å². The minimum atomic E-state index is 0.778. The standard InChI is InChI=1S/C26H30N4/c1-6-27-20-9-10-23-21(14-20)24-22(13-19-7-8-19)28-18(5)29-26(24)30(23)25-16(3)11-15(2)12-17(25)4/h9-12,14,19,27H,6-8,13H2,1-5H3. The van der Waals surface area contributed by atoms with Gasteiger partial charge in [0.05, 0.1) is 16.9 Å². The number of nitrogens with zero attached hydrogens (tertiary/aromatic N) is 3. The van der Waals surface area contributed by atoms with E-state index in [-0.39, 0.29) is 0 Å². The van der Waals surface area contributed by atoms with Crippen LogP contribution in [-0.2, 0) is 6.42 Å². The molecule has 1 N–H and O–H groups in total. The van der Waals surface area contributed by atoms with Gasteiger partial charge in [-0.15, -0.1) is 0 Å². The summed E-state index contributed by atoms with van der Waals surface area (Å²) in [6, 6.07) is 11.2. The molecule has 1 fully saturated rings. The summed E-state index contributed by atoms with van der Waals surface area (Å²) in [5.41, 5.74) is 9.70. The largest absolute Gasteiger partial charge is 0.385 e. The lowest BCUT2D eigenvalue weighted by molar-refractivity contribution is 0.801. The number of hydrogen-bond donors (Lipinski definition) is 1. The van der Waals surface area contributed by atoms with Crippen molar-refractivity contribution >= 4 is 27.6 Å². The van der Waals surface area contributed by atoms with Gasteiger partial charge in [-0.05, 0) is 89.1 Å². The van der Waals surface area contributed by atoms with Crippen molar-refractivity contribution in [3.63, 3.8) is 0 Å². The molecule has 0 amide bonds. The molecule has 0 saturated heterocycles. The molecule has 1 aliphatic carbocycles. The zero-order chi connectivity index (χ0) is 21.0. The number of fused-ring (bicyclic) bond motifs is 3. The summed E-state index contributed by atoms with van der Waals surface area (Å²) in [5, 5.41) is 5.95. The molecule has 2 aromatic carbocycles. The monoisotopic (exact) mass is 398 g/mol. The van der Waals surface area contributed by atoms with Gasteiger partial charge in [0.15, 0.2) is 0 Å². The van der Waals surface area contributed by atoms with Gasteiger partial charge < -0.3 is 5.32 Å². The Morgan fingerprint density at radius 3 is 2.40 bits per heavy atom. The van der Waals surface area contributed by atoms with Gasteiger partial charge in [-0.1, -0.05) is 17.7 Å². The number of hydrogen-bond acceptors (Lipinski definition) is 3. The molecular formula is C26H30N4. The molecular weight excluding hydrogens is 368 g/mol. The third-order valence-corrected chi connectivity index (χ3v) is 6.21. The van der Waals surface area contributed by atoms with Crippen molar-refractivity contribution in [1.29, 1.82) is 0 Å². The van der Waals surface area contributed by atoms with E-state index in [9.17, 15) is 0 Å². The third-order valence-electron chi connectivity index (χ3n) is 6.21. The molecule has 2 aromatic heterocycles. The zero-order valence-electron chi connectivity index (χ0n) is 18.6. The van der Waals surface area contributed by atoms with Crippen molar-refractivity contribution in [1.82, 2.24) is 14.5 Å². The fourth-order valence-corrected chi connectivity index (χ4v) is 4.91. The molecule has 1 saturated carbocycles.